The van der Waals surface area contributed by atoms with Gasteiger partial charge < -0.3 is 31.3 Å². The first-order valence-electron chi connectivity index (χ1n) is 17.3. The number of rotatable bonds is 17. The van der Waals surface area contributed by atoms with Gasteiger partial charge in [-0.3, -0.25) is 4.98 Å². The van der Waals surface area contributed by atoms with Crippen LogP contribution in [0.25, 0.3) is 21.7 Å². The molecule has 1 amide bonds. The average molecular weight is 833 g/mol. The van der Waals surface area contributed by atoms with E-state index in [0.717, 1.165) is 24.8 Å². The summed E-state index contributed by atoms with van der Waals surface area (Å²) in [7, 11) is 0. The third kappa shape index (κ3) is 24.3. The molecule has 1 heterocycles. The summed E-state index contributed by atoms with van der Waals surface area (Å²) in [6, 6.07) is 16.6. The molecule has 3 aromatic rings. The van der Waals surface area contributed by atoms with Gasteiger partial charge in [0, 0.05) is 28.5 Å². The quantitative estimate of drug-likeness (QED) is 0.103. The minimum absolute atomic E-state index is 0. The van der Waals surface area contributed by atoms with Crippen LogP contribution in [0, 0.1) is 5.41 Å². The number of para-hydroxylation sites is 1. The van der Waals surface area contributed by atoms with Gasteiger partial charge in [-0.05, 0) is 50.0 Å². The summed E-state index contributed by atoms with van der Waals surface area (Å²) in [6.45, 7) is 12.2. The minimum atomic E-state index is -1.20. The normalized spacial score (nSPS) is 10.9. The zero-order chi connectivity index (χ0) is 33.6. The predicted octanol–water partition coefficient (Wildman–Crippen LogP) is 9.29. The van der Waals surface area contributed by atoms with Crippen molar-refractivity contribution in [2.75, 3.05) is 0 Å². The Hall–Kier alpha value is -2.50. The molecule has 0 fully saturated rings. The van der Waals surface area contributed by atoms with Crippen molar-refractivity contribution in [1.29, 1.82) is 0 Å². The molecule has 8 heteroatoms. The topological polar surface area (TPSA) is 140 Å². The number of hydrogen-bond donors (Lipinski definition) is 2. The Kier molecular flexibility index (Phi) is 26.2. The molecule has 1 aromatic heterocycles. The summed E-state index contributed by atoms with van der Waals surface area (Å²) in [5.41, 5.74) is 0.773. The fourth-order valence-electron chi connectivity index (χ4n) is 5.92. The van der Waals surface area contributed by atoms with Gasteiger partial charge in [0.1, 0.15) is 6.09 Å². The van der Waals surface area contributed by atoms with Crippen molar-refractivity contribution >= 4 is 33.7 Å². The maximum Gasteiger partial charge on any atom is 2.00 e. The Morgan fingerprint density at radius 1 is 0.681 bits per heavy atom. The second kappa shape index (κ2) is 26.5. The Bertz CT molecular complexity index is 1190. The molecule has 47 heavy (non-hydrogen) atoms. The van der Waals surface area contributed by atoms with Gasteiger partial charge >= 0.3 is 21.1 Å². The molecule has 0 saturated carbocycles. The van der Waals surface area contributed by atoms with Crippen molar-refractivity contribution in [2.24, 2.45) is 5.41 Å². The van der Waals surface area contributed by atoms with Gasteiger partial charge in [0.2, 0.25) is 0 Å². The summed E-state index contributed by atoms with van der Waals surface area (Å²) >= 11 is 0. The Morgan fingerprint density at radius 2 is 1.13 bits per heavy atom. The van der Waals surface area contributed by atoms with Gasteiger partial charge in [0.15, 0.2) is 0 Å². The van der Waals surface area contributed by atoms with E-state index < -0.39 is 17.6 Å². The van der Waals surface area contributed by atoms with E-state index in [-0.39, 0.29) is 39.1 Å². The van der Waals surface area contributed by atoms with Crippen LogP contribution >= 0.6 is 0 Å². The molecule has 7 nitrogen and oxygen atoms in total. The molecule has 0 bridgehead atoms. The predicted molar refractivity (Wildman–Crippen MR) is 191 cm³/mol. The number of nitrogens with zero attached hydrogens (tertiary/aromatic N) is 1. The maximum atomic E-state index is 10.3. The van der Waals surface area contributed by atoms with Crippen molar-refractivity contribution in [3.05, 3.63) is 54.7 Å². The number of unbranched alkanes of at least 4 members (excludes halogenated alkanes) is 13. The minimum Gasteiger partial charge on any atom is -0.550 e. The number of carbonyl (C=O) groups is 2. The molecule has 268 valence electrons. The fourth-order valence-corrected chi connectivity index (χ4v) is 5.92. The first kappa shape index (κ1) is 46.6. The number of carboxylic acids is 1. The number of aliphatic carboxylic acids is 1. The third-order valence-electron chi connectivity index (χ3n) is 7.64. The van der Waals surface area contributed by atoms with Gasteiger partial charge in [0.25, 0.3) is 0 Å². The van der Waals surface area contributed by atoms with Crippen molar-refractivity contribution in [2.45, 2.75) is 150 Å². The number of carboxylic acid groups (broad SMARTS) is 2. The second-order valence-corrected chi connectivity index (χ2v) is 14.1. The summed E-state index contributed by atoms with van der Waals surface area (Å²) in [5.74, 6) is -0.904. The van der Waals surface area contributed by atoms with Crippen LogP contribution in [-0.4, -0.2) is 22.6 Å². The van der Waals surface area contributed by atoms with Crippen LogP contribution in [0.4, 0.5) is 4.79 Å². The summed E-state index contributed by atoms with van der Waals surface area (Å²) in [6.07, 6.45) is 19.9. The Labute approximate surface area is 299 Å². The van der Waals surface area contributed by atoms with E-state index >= 15 is 0 Å². The van der Waals surface area contributed by atoms with Crippen molar-refractivity contribution in [1.82, 2.24) is 16.5 Å². The van der Waals surface area contributed by atoms with Gasteiger partial charge in [-0.25, -0.2) is 0 Å². The van der Waals surface area contributed by atoms with E-state index in [1.165, 1.54) is 93.2 Å². The van der Waals surface area contributed by atoms with E-state index in [1.54, 1.807) is 0 Å². The zero-order valence-corrected chi connectivity index (χ0v) is 32.4. The first-order chi connectivity index (χ1) is 21.3. The second-order valence-electron chi connectivity index (χ2n) is 14.1. The molecule has 2 aromatic carbocycles. The van der Waals surface area contributed by atoms with Crippen LogP contribution in [0.2, 0.25) is 0 Å². The Balaban J connectivity index is 0. The van der Waals surface area contributed by atoms with Crippen LogP contribution in [0.5, 0.6) is 0 Å². The molecular formula is C39H63N3O4Pt. The molecule has 0 aliphatic heterocycles. The monoisotopic (exact) mass is 832 g/mol. The van der Waals surface area contributed by atoms with Crippen molar-refractivity contribution in [3.8, 4) is 0 Å². The van der Waals surface area contributed by atoms with Crippen LogP contribution in [0.3, 0.4) is 0 Å². The maximum absolute atomic E-state index is 10.3. The Morgan fingerprint density at radius 3 is 1.60 bits per heavy atom. The number of hydrogen-bond acceptors (Lipinski definition) is 6. The summed E-state index contributed by atoms with van der Waals surface area (Å²) in [5, 5.41) is 26.6. The molecule has 3 rings (SSSR count). The van der Waals surface area contributed by atoms with E-state index in [9.17, 15) is 19.8 Å². The van der Waals surface area contributed by atoms with Gasteiger partial charge in [0.05, 0.1) is 5.52 Å². The number of carbonyl (C=O) groups excluding carboxylic acids is 2. The standard InChI is InChI=1S/C17H34O2.C13H9N.C9H19NO2.H3N.Pt/c1-2-3-4-5-6-7-8-9-10-11-12-13-14-15-16-17(18)19;1-2-6-11-10(5-1)9-14-13-8-4-3-7-12(11)13;1-8(2,3)6-9(4,5)10-7(11)12;;/h2-16H2,1H3,(H,18,19);1-9H;10H,6H2,1-5H3,(H,11,12);1H3;/q;;;;+2/p-2. The first-order valence-corrected chi connectivity index (χ1v) is 17.3. The van der Waals surface area contributed by atoms with E-state index in [2.05, 4.69) is 68.3 Å². The smallest absolute Gasteiger partial charge is 0.550 e. The van der Waals surface area contributed by atoms with Crippen molar-refractivity contribution < 1.29 is 40.9 Å². The molecule has 0 saturated heterocycles. The summed E-state index contributed by atoms with van der Waals surface area (Å²) < 4.78 is 0. The van der Waals surface area contributed by atoms with Gasteiger partial charge in [-0.15, -0.1) is 0 Å². The molecule has 0 unspecified atom stereocenters. The van der Waals surface area contributed by atoms with Crippen LogP contribution in [0.1, 0.15) is 144 Å². The number of aromatic nitrogens is 1. The third-order valence-corrected chi connectivity index (χ3v) is 7.64. The van der Waals surface area contributed by atoms with Crippen LogP contribution in [0.15, 0.2) is 54.7 Å². The molecular weight excluding hydrogens is 770 g/mol. The number of nitrogens with one attached hydrogen (secondary N) is 1. The molecule has 4 N–H and O–H groups in total. The number of amides is 1. The largest absolute Gasteiger partial charge is 2.00 e. The van der Waals surface area contributed by atoms with Gasteiger partial charge in [-0.1, -0.05) is 154 Å². The number of fused-ring (bicyclic) bond motifs is 3. The van der Waals surface area contributed by atoms with E-state index in [0.29, 0.717) is 0 Å². The number of pyridine rings is 1. The molecule has 0 atom stereocenters. The molecule has 0 spiro atoms. The van der Waals surface area contributed by atoms with E-state index in [1.807, 2.05) is 38.2 Å². The SMILES string of the molecule is CC(C)(C)CC(C)(C)NC(=O)[O-].CCCCCCCCCCCCCCCCC(=O)[O-].N.[Pt+2].c1ccc2c(c1)cnc1ccccc12. The number of benzene rings is 2. The molecule has 0 aliphatic rings. The zero-order valence-electron chi connectivity index (χ0n) is 30.1. The van der Waals surface area contributed by atoms with Crippen molar-refractivity contribution in [3.63, 3.8) is 0 Å². The van der Waals surface area contributed by atoms with Crippen LogP contribution in [-0.2, 0) is 25.9 Å². The van der Waals surface area contributed by atoms with E-state index in [4.69, 9.17) is 0 Å². The van der Waals surface area contributed by atoms with Crippen LogP contribution < -0.4 is 21.7 Å². The fraction of sp³-hybridized carbons (Fsp3) is 0.615. The molecule has 0 radical (unpaired) electrons. The molecule has 0 aliphatic carbocycles. The van der Waals surface area contributed by atoms with Gasteiger partial charge in [-0.2, -0.15) is 0 Å². The summed E-state index contributed by atoms with van der Waals surface area (Å²) in [4.78, 5) is 24.9. The average Bonchev–Trinajstić information content (AvgIpc) is 2.96.